The number of nitrogens with one attached hydrogen (secondary N) is 1. The Kier molecular flexibility index (Phi) is 2.02. The molecular weight excluding hydrogens is 156 g/mol. The number of hydrogen-bond donors (Lipinski definition) is 1. The highest BCUT2D eigenvalue weighted by atomic mass is 16.5. The minimum atomic E-state index is 0.202. The molecule has 4 nitrogen and oxygen atoms in total. The minimum Gasteiger partial charge on any atom is -0.374 e. The molecule has 0 aromatic rings. The van der Waals surface area contributed by atoms with Gasteiger partial charge >= 0.3 is 0 Å². The van der Waals surface area contributed by atoms with E-state index in [1.807, 2.05) is 4.90 Å². The van der Waals surface area contributed by atoms with E-state index in [1.54, 1.807) is 7.05 Å². The zero-order valence-corrected chi connectivity index (χ0v) is 7.25. The first-order chi connectivity index (χ1) is 5.81. The lowest BCUT2D eigenvalue weighted by Gasteiger charge is -2.26. The van der Waals surface area contributed by atoms with Crippen molar-refractivity contribution in [2.24, 2.45) is 0 Å². The second-order valence-electron chi connectivity index (χ2n) is 3.42. The van der Waals surface area contributed by atoms with Crippen molar-refractivity contribution in [1.29, 1.82) is 0 Å². The Labute approximate surface area is 71.9 Å². The van der Waals surface area contributed by atoms with E-state index in [9.17, 15) is 4.79 Å². The van der Waals surface area contributed by atoms with Gasteiger partial charge in [0.25, 0.3) is 0 Å². The van der Waals surface area contributed by atoms with Crippen LogP contribution < -0.4 is 5.32 Å². The number of nitrogens with zero attached hydrogens (tertiary/aromatic N) is 1. The van der Waals surface area contributed by atoms with Gasteiger partial charge in [-0.3, -0.25) is 4.79 Å². The lowest BCUT2D eigenvalue weighted by molar-refractivity contribution is -0.134. The van der Waals surface area contributed by atoms with Crippen molar-refractivity contribution in [3.05, 3.63) is 0 Å². The molecule has 2 heterocycles. The van der Waals surface area contributed by atoms with Crippen molar-refractivity contribution < 1.29 is 9.53 Å². The summed E-state index contributed by atoms with van der Waals surface area (Å²) in [7, 11) is 1.79. The van der Waals surface area contributed by atoms with E-state index in [0.717, 1.165) is 19.6 Å². The molecule has 2 bridgehead atoms. The van der Waals surface area contributed by atoms with E-state index >= 15 is 0 Å². The maximum atomic E-state index is 11.4. The van der Waals surface area contributed by atoms with Crippen LogP contribution in [0.4, 0.5) is 0 Å². The zero-order chi connectivity index (χ0) is 8.55. The number of morpholine rings is 1. The first kappa shape index (κ1) is 8.01. The highest BCUT2D eigenvalue weighted by Gasteiger charge is 2.40. The van der Waals surface area contributed by atoms with E-state index in [0.29, 0.717) is 18.7 Å². The number of carbonyl (C=O) groups excluding carboxylic acids is 1. The molecule has 12 heavy (non-hydrogen) atoms. The van der Waals surface area contributed by atoms with Crippen molar-refractivity contribution in [2.45, 2.75) is 18.6 Å². The van der Waals surface area contributed by atoms with Gasteiger partial charge < -0.3 is 15.0 Å². The molecule has 2 saturated heterocycles. The van der Waals surface area contributed by atoms with Crippen LogP contribution in [0.15, 0.2) is 0 Å². The molecule has 1 amide bonds. The molecular formula is C8H14N2O2. The first-order valence-corrected chi connectivity index (χ1v) is 4.37. The number of fused-ring (bicyclic) bond motifs is 2. The highest BCUT2D eigenvalue weighted by Crippen LogP contribution is 2.27. The van der Waals surface area contributed by atoms with Crippen LogP contribution in [0.5, 0.6) is 0 Å². The van der Waals surface area contributed by atoms with Gasteiger partial charge in [-0.25, -0.2) is 0 Å². The lowest BCUT2D eigenvalue weighted by Crippen LogP contribution is -2.44. The van der Waals surface area contributed by atoms with Crippen molar-refractivity contribution in [3.8, 4) is 0 Å². The third-order valence-electron chi connectivity index (χ3n) is 2.55. The van der Waals surface area contributed by atoms with E-state index in [-0.39, 0.29) is 5.91 Å². The Morgan fingerprint density at radius 1 is 1.75 bits per heavy atom. The highest BCUT2D eigenvalue weighted by molar-refractivity contribution is 5.79. The van der Waals surface area contributed by atoms with Gasteiger partial charge in [-0.05, 0) is 13.5 Å². The molecule has 2 unspecified atom stereocenters. The lowest BCUT2D eigenvalue weighted by atomic mass is 10.2. The monoisotopic (exact) mass is 170 g/mol. The Bertz CT molecular complexity index is 195. The molecule has 2 rings (SSSR count). The standard InChI is InChI=1S/C8H14N2O2/c1-9-3-8(11)10-4-7-2-6(10)5-12-7/h6-7,9H,2-5H2,1H3. The predicted octanol–water partition coefficient (Wildman–Crippen LogP) is -0.794. The van der Waals surface area contributed by atoms with Crippen LogP contribution in [0.1, 0.15) is 6.42 Å². The number of carbonyl (C=O) groups is 1. The van der Waals surface area contributed by atoms with Crippen molar-refractivity contribution >= 4 is 5.91 Å². The largest absolute Gasteiger partial charge is 0.374 e. The zero-order valence-electron chi connectivity index (χ0n) is 7.25. The van der Waals surface area contributed by atoms with Gasteiger partial charge in [-0.15, -0.1) is 0 Å². The van der Waals surface area contributed by atoms with Crippen LogP contribution in [0.25, 0.3) is 0 Å². The van der Waals surface area contributed by atoms with Gasteiger partial charge in [0.15, 0.2) is 0 Å². The molecule has 0 aromatic carbocycles. The Morgan fingerprint density at radius 2 is 2.58 bits per heavy atom. The molecule has 0 radical (unpaired) electrons. The smallest absolute Gasteiger partial charge is 0.236 e. The van der Waals surface area contributed by atoms with Crippen molar-refractivity contribution in [1.82, 2.24) is 10.2 Å². The van der Waals surface area contributed by atoms with Crippen LogP contribution in [-0.4, -0.2) is 49.7 Å². The number of likely N-dealkylation sites (tertiary alicyclic amines) is 1. The van der Waals surface area contributed by atoms with Crippen molar-refractivity contribution in [3.63, 3.8) is 0 Å². The fourth-order valence-corrected chi connectivity index (χ4v) is 1.96. The second-order valence-corrected chi connectivity index (χ2v) is 3.42. The summed E-state index contributed by atoms with van der Waals surface area (Å²) in [6.07, 6.45) is 1.35. The summed E-state index contributed by atoms with van der Waals surface area (Å²) in [4.78, 5) is 13.4. The van der Waals surface area contributed by atoms with Crippen LogP contribution in [0, 0.1) is 0 Å². The molecule has 0 aliphatic carbocycles. The maximum absolute atomic E-state index is 11.4. The summed E-state index contributed by atoms with van der Waals surface area (Å²) in [5.41, 5.74) is 0. The number of likely N-dealkylation sites (N-methyl/N-ethyl adjacent to an activating group) is 1. The summed E-state index contributed by atoms with van der Waals surface area (Å²) in [6, 6.07) is 0.357. The number of rotatable bonds is 2. The quantitative estimate of drug-likeness (QED) is 0.590. The number of ether oxygens (including phenoxy) is 1. The van der Waals surface area contributed by atoms with Crippen LogP contribution in [0.2, 0.25) is 0 Å². The minimum absolute atomic E-state index is 0.202. The Balaban J connectivity index is 1.93. The third-order valence-corrected chi connectivity index (χ3v) is 2.55. The summed E-state index contributed by atoms with van der Waals surface area (Å²) < 4.78 is 5.40. The molecule has 0 aromatic heterocycles. The average Bonchev–Trinajstić information content (AvgIpc) is 2.64. The summed E-state index contributed by atoms with van der Waals surface area (Å²) in [5.74, 6) is 0.202. The molecule has 0 spiro atoms. The molecule has 2 fully saturated rings. The average molecular weight is 170 g/mol. The van der Waals surface area contributed by atoms with E-state index in [1.165, 1.54) is 0 Å². The summed E-state index contributed by atoms with van der Waals surface area (Å²) in [5, 5.41) is 2.87. The fraction of sp³-hybridized carbons (Fsp3) is 0.875. The predicted molar refractivity (Wildman–Crippen MR) is 43.8 cm³/mol. The first-order valence-electron chi connectivity index (χ1n) is 4.37. The second kappa shape index (κ2) is 3.03. The van der Waals surface area contributed by atoms with Gasteiger partial charge in [-0.2, -0.15) is 0 Å². The van der Waals surface area contributed by atoms with Crippen LogP contribution >= 0.6 is 0 Å². The van der Waals surface area contributed by atoms with Gasteiger partial charge in [0.2, 0.25) is 5.91 Å². The molecule has 4 heteroatoms. The molecule has 2 aliphatic heterocycles. The van der Waals surface area contributed by atoms with Crippen LogP contribution in [-0.2, 0) is 9.53 Å². The fourth-order valence-electron chi connectivity index (χ4n) is 1.96. The van der Waals surface area contributed by atoms with E-state index in [2.05, 4.69) is 5.32 Å². The van der Waals surface area contributed by atoms with E-state index < -0.39 is 0 Å². The Morgan fingerprint density at radius 3 is 3.08 bits per heavy atom. The molecule has 2 aliphatic rings. The molecule has 1 N–H and O–H groups in total. The normalized spacial score (nSPS) is 32.9. The summed E-state index contributed by atoms with van der Waals surface area (Å²) >= 11 is 0. The van der Waals surface area contributed by atoms with Gasteiger partial charge in [0, 0.05) is 6.54 Å². The molecule has 0 saturated carbocycles. The third kappa shape index (κ3) is 1.21. The summed E-state index contributed by atoms with van der Waals surface area (Å²) in [6.45, 7) is 1.98. The number of amides is 1. The van der Waals surface area contributed by atoms with Gasteiger partial charge in [0.05, 0.1) is 25.3 Å². The van der Waals surface area contributed by atoms with E-state index in [4.69, 9.17) is 4.74 Å². The van der Waals surface area contributed by atoms with Crippen molar-refractivity contribution in [2.75, 3.05) is 26.7 Å². The Hall–Kier alpha value is -0.610. The number of hydrogen-bond acceptors (Lipinski definition) is 3. The topological polar surface area (TPSA) is 41.6 Å². The molecule has 2 atom stereocenters. The molecule has 68 valence electrons. The van der Waals surface area contributed by atoms with Gasteiger partial charge in [-0.1, -0.05) is 0 Å². The SMILES string of the molecule is CNCC(=O)N1CC2CC1CO2. The maximum Gasteiger partial charge on any atom is 0.236 e. The van der Waals surface area contributed by atoms with Crippen LogP contribution in [0.3, 0.4) is 0 Å². The van der Waals surface area contributed by atoms with Gasteiger partial charge in [0.1, 0.15) is 0 Å².